The molecule has 1 aromatic carbocycles. The summed E-state index contributed by atoms with van der Waals surface area (Å²) < 4.78 is 0. The lowest BCUT2D eigenvalue weighted by Crippen LogP contribution is -2.34. The number of rotatable bonds is 4. The number of nitrogens with one attached hydrogen (secondary N) is 1. The normalized spacial score (nSPS) is 14.6. The molecule has 1 N–H and O–H groups in total. The summed E-state index contributed by atoms with van der Waals surface area (Å²) in [4.78, 5) is 13.9. The lowest BCUT2D eigenvalue weighted by molar-refractivity contribution is -0.122. The summed E-state index contributed by atoms with van der Waals surface area (Å²) in [5.74, 6) is 0.137. The number of hydrogen-bond donors (Lipinski definition) is 1. The van der Waals surface area contributed by atoms with Gasteiger partial charge in [0.2, 0.25) is 5.91 Å². The van der Waals surface area contributed by atoms with Crippen LogP contribution in [0.1, 0.15) is 35.6 Å². The molecule has 0 bridgehead atoms. The first-order chi connectivity index (χ1) is 8.60. The Morgan fingerprint density at radius 3 is 2.28 bits per heavy atom. The highest BCUT2D eigenvalue weighted by molar-refractivity contribution is 5.78. The van der Waals surface area contributed by atoms with Crippen LogP contribution in [-0.2, 0) is 17.9 Å². The Labute approximate surface area is 109 Å². The van der Waals surface area contributed by atoms with E-state index in [1.165, 1.54) is 22.3 Å². The summed E-state index contributed by atoms with van der Waals surface area (Å²) in [7, 11) is 0. The number of carbonyl (C=O) groups is 1. The molecule has 1 aromatic rings. The molecule has 0 saturated heterocycles. The maximum Gasteiger partial charge on any atom is 0.234 e. The van der Waals surface area contributed by atoms with E-state index in [9.17, 15) is 4.79 Å². The minimum Gasteiger partial charge on any atom is -0.355 e. The Balaban J connectivity index is 1.95. The highest BCUT2D eigenvalue weighted by atomic mass is 16.2. The highest BCUT2D eigenvalue weighted by Crippen LogP contribution is 2.25. The van der Waals surface area contributed by atoms with Crippen molar-refractivity contribution in [2.24, 2.45) is 0 Å². The van der Waals surface area contributed by atoms with Crippen LogP contribution in [-0.4, -0.2) is 23.9 Å². The van der Waals surface area contributed by atoms with Crippen molar-refractivity contribution < 1.29 is 4.79 Å². The molecule has 1 heterocycles. The second-order valence-corrected chi connectivity index (χ2v) is 5.20. The Morgan fingerprint density at radius 1 is 1.22 bits per heavy atom. The first-order valence-electron chi connectivity index (χ1n) is 6.68. The van der Waals surface area contributed by atoms with Crippen LogP contribution >= 0.6 is 0 Å². The first kappa shape index (κ1) is 13.1. The van der Waals surface area contributed by atoms with Crippen molar-refractivity contribution in [3.63, 3.8) is 0 Å². The SMILES string of the molecule is CCCNC(=O)CN1Cc2cc(C)c(C)cc2C1. The van der Waals surface area contributed by atoms with Crippen LogP contribution in [0.5, 0.6) is 0 Å². The van der Waals surface area contributed by atoms with Gasteiger partial charge in [0.05, 0.1) is 6.54 Å². The molecule has 0 aromatic heterocycles. The van der Waals surface area contributed by atoms with E-state index in [4.69, 9.17) is 0 Å². The van der Waals surface area contributed by atoms with Gasteiger partial charge in [0, 0.05) is 19.6 Å². The molecule has 0 atom stereocenters. The monoisotopic (exact) mass is 246 g/mol. The summed E-state index contributed by atoms with van der Waals surface area (Å²) in [5, 5.41) is 2.93. The predicted molar refractivity (Wildman–Crippen MR) is 73.3 cm³/mol. The van der Waals surface area contributed by atoms with Crippen molar-refractivity contribution in [1.82, 2.24) is 10.2 Å². The molecule has 0 unspecified atom stereocenters. The number of nitrogens with zero attached hydrogens (tertiary/aromatic N) is 1. The van der Waals surface area contributed by atoms with Crippen LogP contribution in [0.4, 0.5) is 0 Å². The van der Waals surface area contributed by atoms with Gasteiger partial charge in [0.1, 0.15) is 0 Å². The van der Waals surface area contributed by atoms with Gasteiger partial charge in [-0.1, -0.05) is 19.1 Å². The van der Waals surface area contributed by atoms with Gasteiger partial charge in [-0.3, -0.25) is 9.69 Å². The first-order valence-corrected chi connectivity index (χ1v) is 6.68. The molecule has 0 aliphatic carbocycles. The number of amides is 1. The quantitative estimate of drug-likeness (QED) is 0.883. The van der Waals surface area contributed by atoms with E-state index in [2.05, 4.69) is 43.1 Å². The number of hydrogen-bond acceptors (Lipinski definition) is 2. The zero-order chi connectivity index (χ0) is 13.1. The molecule has 1 amide bonds. The zero-order valence-corrected chi connectivity index (χ0v) is 11.5. The zero-order valence-electron chi connectivity index (χ0n) is 11.5. The van der Waals surface area contributed by atoms with Gasteiger partial charge < -0.3 is 5.32 Å². The van der Waals surface area contributed by atoms with Crippen molar-refractivity contribution >= 4 is 5.91 Å². The van der Waals surface area contributed by atoms with Crippen LogP contribution in [0.25, 0.3) is 0 Å². The van der Waals surface area contributed by atoms with Gasteiger partial charge in [-0.15, -0.1) is 0 Å². The Morgan fingerprint density at radius 2 is 1.78 bits per heavy atom. The smallest absolute Gasteiger partial charge is 0.234 e. The van der Waals surface area contributed by atoms with Crippen LogP contribution in [0.2, 0.25) is 0 Å². The van der Waals surface area contributed by atoms with Gasteiger partial charge in [-0.25, -0.2) is 0 Å². The Hall–Kier alpha value is -1.35. The van der Waals surface area contributed by atoms with Crippen molar-refractivity contribution in [2.45, 2.75) is 40.3 Å². The minimum absolute atomic E-state index is 0.137. The predicted octanol–water partition coefficient (Wildman–Crippen LogP) is 2.15. The number of aryl methyl sites for hydroxylation is 2. The van der Waals surface area contributed by atoms with Crippen LogP contribution in [0.3, 0.4) is 0 Å². The van der Waals surface area contributed by atoms with E-state index in [-0.39, 0.29) is 5.91 Å². The average molecular weight is 246 g/mol. The maximum atomic E-state index is 11.7. The highest BCUT2D eigenvalue weighted by Gasteiger charge is 2.21. The molecule has 98 valence electrons. The fraction of sp³-hybridized carbons (Fsp3) is 0.533. The molecule has 18 heavy (non-hydrogen) atoms. The molecular weight excluding hydrogens is 224 g/mol. The van der Waals surface area contributed by atoms with E-state index in [1.807, 2.05) is 0 Å². The topological polar surface area (TPSA) is 32.3 Å². The van der Waals surface area contributed by atoms with Gasteiger partial charge in [-0.2, -0.15) is 0 Å². The molecule has 0 radical (unpaired) electrons. The van der Waals surface area contributed by atoms with E-state index >= 15 is 0 Å². The molecule has 2 rings (SSSR count). The van der Waals surface area contributed by atoms with Gasteiger partial charge in [-0.05, 0) is 42.5 Å². The number of carbonyl (C=O) groups excluding carboxylic acids is 1. The standard InChI is InChI=1S/C15H22N2O/c1-4-5-16-15(18)10-17-8-13-6-11(2)12(3)7-14(13)9-17/h6-7H,4-5,8-10H2,1-3H3,(H,16,18). The van der Waals surface area contributed by atoms with E-state index < -0.39 is 0 Å². The summed E-state index contributed by atoms with van der Waals surface area (Å²) >= 11 is 0. The summed E-state index contributed by atoms with van der Waals surface area (Å²) in [6, 6.07) is 4.52. The van der Waals surface area contributed by atoms with Crippen molar-refractivity contribution in [3.05, 3.63) is 34.4 Å². The molecule has 3 nitrogen and oxygen atoms in total. The van der Waals surface area contributed by atoms with Gasteiger partial charge in [0.15, 0.2) is 0 Å². The molecule has 1 aliphatic rings. The fourth-order valence-corrected chi connectivity index (χ4v) is 2.40. The third-order valence-corrected chi connectivity index (χ3v) is 3.54. The van der Waals surface area contributed by atoms with Crippen LogP contribution < -0.4 is 5.32 Å². The van der Waals surface area contributed by atoms with Gasteiger partial charge >= 0.3 is 0 Å². The number of benzene rings is 1. The third-order valence-electron chi connectivity index (χ3n) is 3.54. The third kappa shape index (κ3) is 2.91. The molecule has 3 heteroatoms. The van der Waals surface area contributed by atoms with E-state index in [0.29, 0.717) is 6.54 Å². The van der Waals surface area contributed by atoms with Crippen LogP contribution in [0, 0.1) is 13.8 Å². The molecule has 0 saturated carbocycles. The van der Waals surface area contributed by atoms with Crippen molar-refractivity contribution in [2.75, 3.05) is 13.1 Å². The van der Waals surface area contributed by atoms with Crippen LogP contribution in [0.15, 0.2) is 12.1 Å². The lowest BCUT2D eigenvalue weighted by Gasteiger charge is -2.13. The largest absolute Gasteiger partial charge is 0.355 e. The second kappa shape index (κ2) is 5.53. The van der Waals surface area contributed by atoms with E-state index in [0.717, 1.165) is 26.1 Å². The average Bonchev–Trinajstić information content (AvgIpc) is 2.68. The minimum atomic E-state index is 0.137. The Kier molecular flexibility index (Phi) is 4.02. The molecule has 0 fully saturated rings. The molecule has 0 spiro atoms. The fourth-order valence-electron chi connectivity index (χ4n) is 2.40. The van der Waals surface area contributed by atoms with E-state index in [1.54, 1.807) is 0 Å². The summed E-state index contributed by atoms with van der Waals surface area (Å²) in [6.07, 6.45) is 0.990. The van der Waals surface area contributed by atoms with Crippen molar-refractivity contribution in [3.8, 4) is 0 Å². The molecule has 1 aliphatic heterocycles. The lowest BCUT2D eigenvalue weighted by atomic mass is 10.0. The number of fused-ring (bicyclic) bond motifs is 1. The van der Waals surface area contributed by atoms with Crippen molar-refractivity contribution in [1.29, 1.82) is 0 Å². The molecular formula is C15H22N2O. The maximum absolute atomic E-state index is 11.7. The van der Waals surface area contributed by atoms with Gasteiger partial charge in [0.25, 0.3) is 0 Å². The second-order valence-electron chi connectivity index (χ2n) is 5.20. The Bertz CT molecular complexity index is 423. The summed E-state index contributed by atoms with van der Waals surface area (Å²) in [6.45, 7) is 9.44. The summed E-state index contributed by atoms with van der Waals surface area (Å²) in [5.41, 5.74) is 5.43.